The Labute approximate surface area is 94.7 Å². The number of aryl methyl sites for hydroxylation is 2. The first-order valence-electron chi connectivity index (χ1n) is 5.68. The second-order valence-electron chi connectivity index (χ2n) is 4.10. The van der Waals surface area contributed by atoms with Crippen LogP contribution in [0.1, 0.15) is 25.3 Å². The third-order valence-electron chi connectivity index (χ3n) is 2.69. The molecule has 0 unspecified atom stereocenters. The van der Waals surface area contributed by atoms with E-state index in [1.54, 1.807) is 10.6 Å². The van der Waals surface area contributed by atoms with Crippen LogP contribution < -0.4 is 5.56 Å². The molecule has 0 atom stereocenters. The molecule has 3 heteroatoms. The summed E-state index contributed by atoms with van der Waals surface area (Å²) in [6, 6.07) is 5.53. The lowest BCUT2D eigenvalue weighted by Crippen LogP contribution is -2.20. The van der Waals surface area contributed by atoms with Gasteiger partial charge in [0.25, 0.3) is 5.56 Å². The fourth-order valence-corrected chi connectivity index (χ4v) is 1.82. The molecule has 0 aromatic carbocycles. The van der Waals surface area contributed by atoms with Gasteiger partial charge in [-0.25, -0.2) is 4.98 Å². The fourth-order valence-electron chi connectivity index (χ4n) is 1.82. The van der Waals surface area contributed by atoms with E-state index in [0.717, 1.165) is 36.0 Å². The molecule has 84 valence electrons. The molecule has 0 bridgehead atoms. The molecule has 0 amide bonds. The number of rotatable bonds is 3. The van der Waals surface area contributed by atoms with Crippen molar-refractivity contribution in [2.75, 3.05) is 0 Å². The summed E-state index contributed by atoms with van der Waals surface area (Å²) in [7, 11) is 0. The van der Waals surface area contributed by atoms with E-state index in [1.807, 2.05) is 19.2 Å². The highest BCUT2D eigenvalue weighted by Crippen LogP contribution is 2.11. The zero-order valence-corrected chi connectivity index (χ0v) is 9.73. The minimum atomic E-state index is 0.0392. The molecule has 16 heavy (non-hydrogen) atoms. The van der Waals surface area contributed by atoms with E-state index in [9.17, 15) is 4.79 Å². The van der Waals surface area contributed by atoms with Gasteiger partial charge in [0.05, 0.1) is 0 Å². The van der Waals surface area contributed by atoms with Crippen molar-refractivity contribution in [1.29, 1.82) is 0 Å². The van der Waals surface area contributed by atoms with Crippen molar-refractivity contribution in [1.82, 2.24) is 9.55 Å². The highest BCUT2D eigenvalue weighted by molar-refractivity contribution is 5.75. The molecule has 2 aromatic rings. The number of unbranched alkanes of at least 4 members (excludes halogenated alkanes) is 1. The van der Waals surface area contributed by atoms with Crippen LogP contribution >= 0.6 is 0 Å². The highest BCUT2D eigenvalue weighted by Gasteiger charge is 2.03. The predicted octanol–water partition coefficient (Wildman–Crippen LogP) is 2.51. The molecule has 2 rings (SSSR count). The number of hydrogen-bond acceptors (Lipinski definition) is 2. The number of hydrogen-bond donors (Lipinski definition) is 0. The Morgan fingerprint density at radius 3 is 2.94 bits per heavy atom. The summed E-state index contributed by atoms with van der Waals surface area (Å²) < 4.78 is 1.76. The third-order valence-corrected chi connectivity index (χ3v) is 2.69. The van der Waals surface area contributed by atoms with Crippen molar-refractivity contribution >= 4 is 11.0 Å². The van der Waals surface area contributed by atoms with Gasteiger partial charge in [0.2, 0.25) is 0 Å². The van der Waals surface area contributed by atoms with E-state index in [4.69, 9.17) is 0 Å². The molecule has 2 heterocycles. The van der Waals surface area contributed by atoms with Crippen molar-refractivity contribution < 1.29 is 0 Å². The molecule has 0 aliphatic carbocycles. The average Bonchev–Trinajstić information content (AvgIpc) is 2.28. The molecular weight excluding hydrogens is 200 g/mol. The van der Waals surface area contributed by atoms with Crippen LogP contribution in [0.5, 0.6) is 0 Å². The standard InChI is InChI=1S/C13H16N2O/c1-3-4-7-15-12(16)6-5-11-8-10(2)9-14-13(11)15/h5-6,8-9H,3-4,7H2,1-2H3. The van der Waals surface area contributed by atoms with Crippen LogP contribution in [-0.4, -0.2) is 9.55 Å². The number of pyridine rings is 2. The molecule has 3 nitrogen and oxygen atoms in total. The lowest BCUT2D eigenvalue weighted by atomic mass is 10.2. The average molecular weight is 216 g/mol. The van der Waals surface area contributed by atoms with Crippen LogP contribution in [0, 0.1) is 6.92 Å². The van der Waals surface area contributed by atoms with Gasteiger partial charge < -0.3 is 0 Å². The van der Waals surface area contributed by atoms with E-state index < -0.39 is 0 Å². The van der Waals surface area contributed by atoms with Crippen LogP contribution in [0.4, 0.5) is 0 Å². The Kier molecular flexibility index (Phi) is 3.04. The van der Waals surface area contributed by atoms with Crippen molar-refractivity contribution in [2.45, 2.75) is 33.2 Å². The minimum Gasteiger partial charge on any atom is -0.293 e. The summed E-state index contributed by atoms with van der Waals surface area (Å²) in [6.07, 6.45) is 3.90. The Balaban J connectivity index is 2.60. The predicted molar refractivity (Wildman–Crippen MR) is 65.6 cm³/mol. The van der Waals surface area contributed by atoms with Gasteiger partial charge in [-0.3, -0.25) is 9.36 Å². The van der Waals surface area contributed by atoms with Gasteiger partial charge in [-0.1, -0.05) is 13.3 Å². The normalized spacial score (nSPS) is 10.9. The van der Waals surface area contributed by atoms with Crippen LogP contribution in [0.2, 0.25) is 0 Å². The van der Waals surface area contributed by atoms with E-state index >= 15 is 0 Å². The van der Waals surface area contributed by atoms with Gasteiger partial charge in [-0.05, 0) is 31.0 Å². The fraction of sp³-hybridized carbons (Fsp3) is 0.385. The monoisotopic (exact) mass is 216 g/mol. The minimum absolute atomic E-state index is 0.0392. The summed E-state index contributed by atoms with van der Waals surface area (Å²) in [6.45, 7) is 4.88. The maximum Gasteiger partial charge on any atom is 0.252 e. The van der Waals surface area contributed by atoms with Crippen LogP contribution in [0.15, 0.2) is 29.2 Å². The quantitative estimate of drug-likeness (QED) is 0.790. The molecule has 0 aliphatic heterocycles. The van der Waals surface area contributed by atoms with E-state index in [-0.39, 0.29) is 5.56 Å². The van der Waals surface area contributed by atoms with Crippen molar-refractivity contribution in [2.24, 2.45) is 0 Å². The Bertz CT molecular complexity index is 557. The highest BCUT2D eigenvalue weighted by atomic mass is 16.1. The summed E-state index contributed by atoms with van der Waals surface area (Å²) in [4.78, 5) is 16.1. The molecule has 2 aromatic heterocycles. The van der Waals surface area contributed by atoms with Crippen LogP contribution in [0.25, 0.3) is 11.0 Å². The Morgan fingerprint density at radius 2 is 2.19 bits per heavy atom. The van der Waals surface area contributed by atoms with Gasteiger partial charge in [0.1, 0.15) is 5.65 Å². The van der Waals surface area contributed by atoms with Gasteiger partial charge >= 0.3 is 0 Å². The van der Waals surface area contributed by atoms with Crippen molar-refractivity contribution in [3.63, 3.8) is 0 Å². The second kappa shape index (κ2) is 4.47. The zero-order chi connectivity index (χ0) is 11.5. The topological polar surface area (TPSA) is 34.9 Å². The Hall–Kier alpha value is -1.64. The molecular formula is C13H16N2O. The molecule has 0 aliphatic rings. The smallest absolute Gasteiger partial charge is 0.252 e. The first-order valence-corrected chi connectivity index (χ1v) is 5.68. The third kappa shape index (κ3) is 1.98. The lowest BCUT2D eigenvalue weighted by molar-refractivity contribution is 0.627. The zero-order valence-electron chi connectivity index (χ0n) is 9.73. The van der Waals surface area contributed by atoms with Crippen molar-refractivity contribution in [3.05, 3.63) is 40.3 Å². The molecule has 0 fully saturated rings. The molecule has 0 spiro atoms. The van der Waals surface area contributed by atoms with Gasteiger partial charge in [0, 0.05) is 24.2 Å². The summed E-state index contributed by atoms with van der Waals surface area (Å²) in [5, 5.41) is 1.04. The molecule has 0 saturated heterocycles. The maximum absolute atomic E-state index is 11.7. The van der Waals surface area contributed by atoms with Gasteiger partial charge in [0.15, 0.2) is 0 Å². The summed E-state index contributed by atoms with van der Waals surface area (Å²) >= 11 is 0. The Morgan fingerprint density at radius 1 is 1.38 bits per heavy atom. The lowest BCUT2D eigenvalue weighted by Gasteiger charge is -2.08. The second-order valence-corrected chi connectivity index (χ2v) is 4.10. The first-order chi connectivity index (χ1) is 7.72. The van der Waals surface area contributed by atoms with E-state index in [2.05, 4.69) is 18.0 Å². The van der Waals surface area contributed by atoms with Gasteiger partial charge in [-0.15, -0.1) is 0 Å². The van der Waals surface area contributed by atoms with Crippen LogP contribution in [-0.2, 0) is 6.54 Å². The summed E-state index contributed by atoms with van der Waals surface area (Å²) in [5.41, 5.74) is 1.96. The van der Waals surface area contributed by atoms with Gasteiger partial charge in [-0.2, -0.15) is 0 Å². The SMILES string of the molecule is CCCCn1c(=O)ccc2cc(C)cnc21. The van der Waals surface area contributed by atoms with Crippen molar-refractivity contribution in [3.8, 4) is 0 Å². The molecule has 0 N–H and O–H groups in total. The van der Waals surface area contributed by atoms with E-state index in [1.165, 1.54) is 0 Å². The van der Waals surface area contributed by atoms with Crippen LogP contribution in [0.3, 0.4) is 0 Å². The van der Waals surface area contributed by atoms with E-state index in [0.29, 0.717) is 0 Å². The maximum atomic E-state index is 11.7. The number of aromatic nitrogens is 2. The molecule has 0 radical (unpaired) electrons. The number of nitrogens with zero attached hydrogens (tertiary/aromatic N) is 2. The first kappa shape index (κ1) is 10.9. The molecule has 0 saturated carbocycles. The summed E-state index contributed by atoms with van der Waals surface area (Å²) in [5.74, 6) is 0. The largest absolute Gasteiger partial charge is 0.293 e. The number of fused-ring (bicyclic) bond motifs is 1.